The molecule has 0 spiro atoms. The molecule has 0 aliphatic rings. The largest absolute Gasteiger partial charge is 0.508 e. The van der Waals surface area contributed by atoms with E-state index >= 15 is 0 Å². The van der Waals surface area contributed by atoms with Crippen LogP contribution in [0, 0.1) is 20.8 Å². The van der Waals surface area contributed by atoms with E-state index in [4.69, 9.17) is 0 Å². The third-order valence-corrected chi connectivity index (χ3v) is 5.38. The molecule has 0 heterocycles. The van der Waals surface area contributed by atoms with Gasteiger partial charge in [0.15, 0.2) is 0 Å². The van der Waals surface area contributed by atoms with Crippen LogP contribution in [0.3, 0.4) is 0 Å². The summed E-state index contributed by atoms with van der Waals surface area (Å²) in [5.41, 5.74) is 7.82. The first kappa shape index (κ1) is 18.1. The van der Waals surface area contributed by atoms with Crippen molar-refractivity contribution in [2.24, 2.45) is 0 Å². The van der Waals surface area contributed by atoms with Crippen LogP contribution in [0.5, 0.6) is 11.5 Å². The molecule has 0 radical (unpaired) electrons. The number of aryl methyl sites for hydroxylation is 1. The van der Waals surface area contributed by atoms with Crippen LogP contribution in [0.2, 0.25) is 0 Å². The molecular formula is C24H26O2. The van der Waals surface area contributed by atoms with Crippen molar-refractivity contribution in [3.63, 3.8) is 0 Å². The number of phenols is 2. The summed E-state index contributed by atoms with van der Waals surface area (Å²) < 4.78 is 0. The topological polar surface area (TPSA) is 40.5 Å². The van der Waals surface area contributed by atoms with E-state index in [1.165, 1.54) is 33.4 Å². The van der Waals surface area contributed by atoms with Crippen LogP contribution in [0.1, 0.15) is 39.3 Å². The van der Waals surface area contributed by atoms with Crippen molar-refractivity contribution in [2.75, 3.05) is 0 Å². The molecule has 0 aromatic heterocycles. The molecule has 2 N–H and O–H groups in total. The average molecular weight is 346 g/mol. The minimum Gasteiger partial charge on any atom is -0.508 e. The fourth-order valence-corrected chi connectivity index (χ4v) is 3.54. The van der Waals surface area contributed by atoms with Gasteiger partial charge in [0.2, 0.25) is 0 Å². The molecule has 26 heavy (non-hydrogen) atoms. The van der Waals surface area contributed by atoms with Gasteiger partial charge < -0.3 is 10.2 Å². The molecule has 0 fully saturated rings. The molecule has 3 aromatic rings. The van der Waals surface area contributed by atoms with Gasteiger partial charge in [-0.05, 0) is 97.2 Å². The molecule has 0 bridgehead atoms. The second kappa shape index (κ2) is 7.65. The van der Waals surface area contributed by atoms with Gasteiger partial charge >= 0.3 is 0 Å². The maximum absolute atomic E-state index is 9.56. The molecule has 2 nitrogen and oxygen atoms in total. The van der Waals surface area contributed by atoms with E-state index in [0.717, 1.165) is 12.8 Å². The molecule has 0 atom stereocenters. The lowest BCUT2D eigenvalue weighted by atomic mass is 9.82. The molecule has 0 unspecified atom stereocenters. The highest BCUT2D eigenvalue weighted by Crippen LogP contribution is 2.31. The van der Waals surface area contributed by atoms with Crippen molar-refractivity contribution in [3.8, 4) is 11.5 Å². The maximum atomic E-state index is 9.56. The highest BCUT2D eigenvalue weighted by molar-refractivity contribution is 5.42. The van der Waals surface area contributed by atoms with Gasteiger partial charge in [-0.25, -0.2) is 0 Å². The van der Waals surface area contributed by atoms with E-state index in [-0.39, 0.29) is 0 Å². The molecule has 134 valence electrons. The summed E-state index contributed by atoms with van der Waals surface area (Å²) in [5.74, 6) is 0.931. The van der Waals surface area contributed by atoms with Gasteiger partial charge in [-0.2, -0.15) is 0 Å². The number of hydrogen-bond donors (Lipinski definition) is 2. The molecule has 3 rings (SSSR count). The highest BCUT2D eigenvalue weighted by atomic mass is 16.3. The molecule has 0 saturated heterocycles. The van der Waals surface area contributed by atoms with E-state index in [2.05, 4.69) is 32.9 Å². The van der Waals surface area contributed by atoms with Gasteiger partial charge in [0.1, 0.15) is 11.5 Å². The molecule has 0 amide bonds. The zero-order valence-electron chi connectivity index (χ0n) is 15.7. The Bertz CT molecular complexity index is 830. The molecule has 0 saturated carbocycles. The summed E-state index contributed by atoms with van der Waals surface area (Å²) in [6, 6.07) is 19.4. The normalized spacial score (nSPS) is 11.1. The maximum Gasteiger partial charge on any atom is 0.115 e. The molecule has 3 aromatic carbocycles. The molecular weight excluding hydrogens is 320 g/mol. The third-order valence-electron chi connectivity index (χ3n) is 5.38. The van der Waals surface area contributed by atoms with Crippen LogP contribution in [-0.2, 0) is 12.8 Å². The van der Waals surface area contributed by atoms with Crippen LogP contribution < -0.4 is 0 Å². The summed E-state index contributed by atoms with van der Waals surface area (Å²) in [5, 5.41) is 19.1. The predicted octanol–water partition coefficient (Wildman–Crippen LogP) is 5.59. The smallest absolute Gasteiger partial charge is 0.115 e. The molecule has 0 aliphatic carbocycles. The van der Waals surface area contributed by atoms with Crippen molar-refractivity contribution < 1.29 is 10.2 Å². The van der Waals surface area contributed by atoms with Crippen LogP contribution in [0.15, 0.2) is 60.7 Å². The van der Waals surface area contributed by atoms with Crippen molar-refractivity contribution in [2.45, 2.75) is 39.5 Å². The van der Waals surface area contributed by atoms with Crippen molar-refractivity contribution >= 4 is 0 Å². The predicted molar refractivity (Wildman–Crippen MR) is 107 cm³/mol. The number of hydrogen-bond acceptors (Lipinski definition) is 2. The Kier molecular flexibility index (Phi) is 5.32. The van der Waals surface area contributed by atoms with Gasteiger partial charge in [-0.3, -0.25) is 0 Å². The minimum atomic E-state index is 0.297. The van der Waals surface area contributed by atoms with Crippen molar-refractivity contribution in [1.82, 2.24) is 0 Å². The number of benzene rings is 3. The summed E-state index contributed by atoms with van der Waals surface area (Å²) in [7, 11) is 0. The van der Waals surface area contributed by atoms with Crippen molar-refractivity contribution in [3.05, 3.63) is 94.0 Å². The molecule has 0 aliphatic heterocycles. The summed E-state index contributed by atoms with van der Waals surface area (Å²) in [6.07, 6.45) is 1.81. The first-order valence-corrected chi connectivity index (χ1v) is 9.06. The Morgan fingerprint density at radius 3 is 1.54 bits per heavy atom. The minimum absolute atomic E-state index is 0.297. The van der Waals surface area contributed by atoms with E-state index < -0.39 is 0 Å². The standard InChI is InChI=1S/C24H26O2/c1-16-4-13-24(18(3)17(16)2)21(14-19-5-9-22(25)10-6-19)15-20-7-11-23(26)12-8-20/h4-13,21,25-26H,14-15H2,1-3H3. The Morgan fingerprint density at radius 1 is 0.615 bits per heavy atom. The first-order chi connectivity index (χ1) is 12.4. The Balaban J connectivity index is 1.96. The SMILES string of the molecule is Cc1ccc(C(Cc2ccc(O)cc2)Cc2ccc(O)cc2)c(C)c1C. The van der Waals surface area contributed by atoms with E-state index in [0.29, 0.717) is 17.4 Å². The quantitative estimate of drug-likeness (QED) is 0.632. The average Bonchev–Trinajstić information content (AvgIpc) is 2.63. The van der Waals surface area contributed by atoms with Gasteiger partial charge in [-0.1, -0.05) is 36.4 Å². The number of aromatic hydroxyl groups is 2. The van der Waals surface area contributed by atoms with Crippen LogP contribution in [0.4, 0.5) is 0 Å². The lowest BCUT2D eigenvalue weighted by Gasteiger charge is -2.22. The summed E-state index contributed by atoms with van der Waals surface area (Å²) in [6.45, 7) is 6.55. The van der Waals surface area contributed by atoms with E-state index in [1.807, 2.05) is 24.3 Å². The second-order valence-electron chi connectivity index (χ2n) is 7.16. The monoisotopic (exact) mass is 346 g/mol. The zero-order valence-corrected chi connectivity index (χ0v) is 15.7. The second-order valence-corrected chi connectivity index (χ2v) is 7.16. The van der Waals surface area contributed by atoms with Gasteiger partial charge in [-0.15, -0.1) is 0 Å². The van der Waals surface area contributed by atoms with E-state index in [9.17, 15) is 10.2 Å². The highest BCUT2D eigenvalue weighted by Gasteiger charge is 2.17. The first-order valence-electron chi connectivity index (χ1n) is 9.06. The Labute approximate surface area is 155 Å². The fraction of sp³-hybridized carbons (Fsp3) is 0.250. The zero-order chi connectivity index (χ0) is 18.7. The third kappa shape index (κ3) is 4.08. The summed E-state index contributed by atoms with van der Waals surface area (Å²) >= 11 is 0. The summed E-state index contributed by atoms with van der Waals surface area (Å²) in [4.78, 5) is 0. The van der Waals surface area contributed by atoms with Crippen LogP contribution >= 0.6 is 0 Å². The number of rotatable bonds is 5. The van der Waals surface area contributed by atoms with Gasteiger partial charge in [0, 0.05) is 0 Å². The fourth-order valence-electron chi connectivity index (χ4n) is 3.54. The Morgan fingerprint density at radius 2 is 1.08 bits per heavy atom. The van der Waals surface area contributed by atoms with E-state index in [1.54, 1.807) is 24.3 Å². The van der Waals surface area contributed by atoms with Gasteiger partial charge in [0.25, 0.3) is 0 Å². The van der Waals surface area contributed by atoms with Crippen LogP contribution in [0.25, 0.3) is 0 Å². The van der Waals surface area contributed by atoms with Crippen molar-refractivity contribution in [1.29, 1.82) is 0 Å². The Hall–Kier alpha value is -2.74. The van der Waals surface area contributed by atoms with Gasteiger partial charge in [0.05, 0.1) is 0 Å². The lowest BCUT2D eigenvalue weighted by molar-refractivity contribution is 0.474. The molecule has 2 heteroatoms. The van der Waals surface area contributed by atoms with Crippen LogP contribution in [-0.4, -0.2) is 10.2 Å². The number of phenolic OH excluding ortho intramolecular Hbond substituents is 2. The lowest BCUT2D eigenvalue weighted by Crippen LogP contribution is -2.10.